The first-order chi connectivity index (χ1) is 14.6. The fraction of sp³-hybridized carbons (Fsp3) is 0.708. The summed E-state index contributed by atoms with van der Waals surface area (Å²) < 4.78 is 5.89. The van der Waals surface area contributed by atoms with Crippen molar-refractivity contribution in [1.29, 1.82) is 0 Å². The van der Waals surface area contributed by atoms with Gasteiger partial charge in [0.2, 0.25) is 0 Å². The molecule has 3 rings (SSSR count). The summed E-state index contributed by atoms with van der Waals surface area (Å²) in [6.45, 7) is 10.2. The average Bonchev–Trinajstić information content (AvgIpc) is 2.79. The van der Waals surface area contributed by atoms with Gasteiger partial charge in [0.1, 0.15) is 12.4 Å². The Morgan fingerprint density at radius 2 is 1.77 bits per heavy atom. The maximum atomic E-state index is 5.89. The highest BCUT2D eigenvalue weighted by molar-refractivity contribution is 14.0. The van der Waals surface area contributed by atoms with Crippen molar-refractivity contribution in [3.8, 4) is 5.75 Å². The number of aliphatic imine (C=N–C) groups is 1. The van der Waals surface area contributed by atoms with Gasteiger partial charge in [0.25, 0.3) is 0 Å². The van der Waals surface area contributed by atoms with Gasteiger partial charge in [-0.15, -0.1) is 24.0 Å². The monoisotopic (exact) mass is 543 g/mol. The van der Waals surface area contributed by atoms with Crippen LogP contribution in [-0.4, -0.2) is 92.7 Å². The topological polar surface area (TPSA) is 43.3 Å². The van der Waals surface area contributed by atoms with Crippen LogP contribution < -0.4 is 10.1 Å². The second-order valence-corrected chi connectivity index (χ2v) is 8.83. The van der Waals surface area contributed by atoms with E-state index in [2.05, 4.69) is 41.0 Å². The van der Waals surface area contributed by atoms with Crippen LogP contribution in [0.1, 0.15) is 39.0 Å². The Hall–Kier alpha value is -1.06. The molecule has 0 saturated carbocycles. The average molecular weight is 544 g/mol. The van der Waals surface area contributed by atoms with Crippen molar-refractivity contribution in [2.45, 2.75) is 44.6 Å². The van der Waals surface area contributed by atoms with Crippen LogP contribution in [0.25, 0.3) is 0 Å². The molecule has 1 aromatic carbocycles. The Bertz CT molecular complexity index is 643. The van der Waals surface area contributed by atoms with Crippen molar-refractivity contribution in [3.05, 3.63) is 30.3 Å². The van der Waals surface area contributed by atoms with E-state index in [1.54, 1.807) is 0 Å². The Labute approximate surface area is 206 Å². The molecule has 6 nitrogen and oxygen atoms in total. The van der Waals surface area contributed by atoms with Crippen LogP contribution in [0.4, 0.5) is 0 Å². The van der Waals surface area contributed by atoms with E-state index in [1.807, 2.05) is 30.3 Å². The number of ether oxygens (including phenoxy) is 1. The second-order valence-electron chi connectivity index (χ2n) is 8.83. The minimum Gasteiger partial charge on any atom is -0.492 e. The summed E-state index contributed by atoms with van der Waals surface area (Å²) in [6, 6.07) is 10.0. The molecule has 0 bridgehead atoms. The first-order valence-corrected chi connectivity index (χ1v) is 11.7. The maximum absolute atomic E-state index is 5.89. The number of likely N-dealkylation sites (tertiary alicyclic amines) is 2. The molecule has 1 N–H and O–H groups in total. The summed E-state index contributed by atoms with van der Waals surface area (Å²) in [5.41, 5.74) is 0.217. The third-order valence-electron chi connectivity index (χ3n) is 6.60. The molecule has 7 heteroatoms. The number of nitrogens with one attached hydrogen (secondary N) is 1. The minimum absolute atomic E-state index is 0. The molecular weight excluding hydrogens is 501 g/mol. The number of halogens is 1. The molecule has 0 unspecified atom stereocenters. The Kier molecular flexibility index (Phi) is 11.4. The summed E-state index contributed by atoms with van der Waals surface area (Å²) in [7, 11) is 4.35. The van der Waals surface area contributed by atoms with Gasteiger partial charge in [-0.2, -0.15) is 0 Å². The summed E-state index contributed by atoms with van der Waals surface area (Å²) in [6.07, 6.45) is 6.47. The molecule has 2 heterocycles. The lowest BCUT2D eigenvalue weighted by Gasteiger charge is -2.49. The fourth-order valence-electron chi connectivity index (χ4n) is 4.59. The number of likely N-dealkylation sites (N-methyl/N-ethyl adjacent to an activating group) is 1. The van der Waals surface area contributed by atoms with E-state index < -0.39 is 0 Å². The lowest BCUT2D eigenvalue weighted by molar-refractivity contribution is 0.0206. The van der Waals surface area contributed by atoms with Gasteiger partial charge in [-0.05, 0) is 78.0 Å². The maximum Gasteiger partial charge on any atom is 0.193 e. The molecule has 0 aliphatic carbocycles. The zero-order valence-corrected chi connectivity index (χ0v) is 22.0. The number of piperidine rings is 2. The van der Waals surface area contributed by atoms with Crippen molar-refractivity contribution < 1.29 is 4.74 Å². The van der Waals surface area contributed by atoms with Gasteiger partial charge in [0.15, 0.2) is 5.96 Å². The number of hydrogen-bond acceptors (Lipinski definition) is 4. The van der Waals surface area contributed by atoms with Crippen molar-refractivity contribution >= 4 is 29.9 Å². The Balaban J connectivity index is 0.00000341. The number of benzene rings is 1. The third-order valence-corrected chi connectivity index (χ3v) is 6.60. The largest absolute Gasteiger partial charge is 0.492 e. The molecule has 31 heavy (non-hydrogen) atoms. The fourth-order valence-corrected chi connectivity index (χ4v) is 4.59. The molecule has 2 fully saturated rings. The Morgan fingerprint density at radius 1 is 1.10 bits per heavy atom. The zero-order chi connectivity index (χ0) is 21.2. The highest BCUT2D eigenvalue weighted by atomic mass is 127. The standard InChI is InChI=1S/C24H41N5O.HI/c1-4-25-23(28(3)19-20-30-22-11-7-5-8-12-22)26-21-24(13-17-27(2)18-14-24)29-15-9-6-10-16-29;/h5,7-8,11-12H,4,6,9-10,13-21H2,1-3H3,(H,25,26);1H. The number of guanidine groups is 1. The smallest absolute Gasteiger partial charge is 0.193 e. The summed E-state index contributed by atoms with van der Waals surface area (Å²) >= 11 is 0. The van der Waals surface area contributed by atoms with E-state index in [9.17, 15) is 0 Å². The molecule has 176 valence electrons. The molecule has 2 saturated heterocycles. The van der Waals surface area contributed by atoms with E-state index in [-0.39, 0.29) is 29.5 Å². The predicted molar refractivity (Wildman–Crippen MR) is 141 cm³/mol. The summed E-state index contributed by atoms with van der Waals surface area (Å²) in [4.78, 5) is 12.6. The van der Waals surface area contributed by atoms with Gasteiger partial charge in [-0.1, -0.05) is 24.6 Å². The van der Waals surface area contributed by atoms with Gasteiger partial charge in [0.05, 0.1) is 13.1 Å². The molecule has 0 spiro atoms. The molecule has 0 amide bonds. The van der Waals surface area contributed by atoms with Gasteiger partial charge in [-0.3, -0.25) is 9.89 Å². The Morgan fingerprint density at radius 3 is 2.42 bits per heavy atom. The van der Waals surface area contributed by atoms with E-state index in [1.165, 1.54) is 58.3 Å². The number of nitrogens with zero attached hydrogens (tertiary/aromatic N) is 4. The van der Waals surface area contributed by atoms with E-state index >= 15 is 0 Å². The molecule has 1 aromatic rings. The third kappa shape index (κ3) is 7.79. The van der Waals surface area contributed by atoms with E-state index in [0.717, 1.165) is 31.3 Å². The van der Waals surface area contributed by atoms with Crippen LogP contribution in [0.3, 0.4) is 0 Å². The van der Waals surface area contributed by atoms with Crippen LogP contribution in [0.5, 0.6) is 5.75 Å². The lowest BCUT2D eigenvalue weighted by Crippen LogP contribution is -2.58. The first kappa shape index (κ1) is 26.2. The summed E-state index contributed by atoms with van der Waals surface area (Å²) in [5.74, 6) is 1.91. The molecule has 0 radical (unpaired) electrons. The minimum atomic E-state index is 0. The van der Waals surface area contributed by atoms with Crippen molar-refractivity contribution in [1.82, 2.24) is 20.0 Å². The van der Waals surface area contributed by atoms with Crippen LogP contribution >= 0.6 is 24.0 Å². The zero-order valence-electron chi connectivity index (χ0n) is 19.7. The van der Waals surface area contributed by atoms with E-state index in [4.69, 9.17) is 9.73 Å². The highest BCUT2D eigenvalue weighted by Gasteiger charge is 2.39. The SMILES string of the molecule is CCNC(=NCC1(N2CCCCC2)CCN(C)CC1)N(C)CCOc1ccccc1.I. The van der Waals surface area contributed by atoms with Crippen LogP contribution in [-0.2, 0) is 0 Å². The molecule has 2 aliphatic rings. The first-order valence-electron chi connectivity index (χ1n) is 11.7. The number of rotatable bonds is 8. The van der Waals surface area contributed by atoms with Gasteiger partial charge in [0, 0.05) is 19.1 Å². The summed E-state index contributed by atoms with van der Waals surface area (Å²) in [5, 5.41) is 3.49. The normalized spacial score (nSPS) is 20.0. The molecular formula is C24H42IN5O. The molecule has 0 atom stereocenters. The molecule has 0 aromatic heterocycles. The van der Waals surface area contributed by atoms with Crippen LogP contribution in [0.15, 0.2) is 35.3 Å². The van der Waals surface area contributed by atoms with Gasteiger partial charge >= 0.3 is 0 Å². The van der Waals surface area contributed by atoms with Crippen molar-refractivity contribution in [3.63, 3.8) is 0 Å². The second kappa shape index (κ2) is 13.5. The van der Waals surface area contributed by atoms with Crippen LogP contribution in [0.2, 0.25) is 0 Å². The van der Waals surface area contributed by atoms with Crippen molar-refractivity contribution in [2.75, 3.05) is 66.5 Å². The lowest BCUT2D eigenvalue weighted by atomic mass is 9.84. The highest BCUT2D eigenvalue weighted by Crippen LogP contribution is 2.31. The van der Waals surface area contributed by atoms with Crippen molar-refractivity contribution in [2.24, 2.45) is 4.99 Å². The molecule has 2 aliphatic heterocycles. The number of para-hydroxylation sites is 1. The quantitative estimate of drug-likeness (QED) is 0.309. The van der Waals surface area contributed by atoms with Gasteiger partial charge < -0.3 is 19.9 Å². The predicted octanol–water partition coefficient (Wildman–Crippen LogP) is 3.53. The van der Waals surface area contributed by atoms with Crippen LogP contribution in [0, 0.1) is 0 Å². The number of hydrogen-bond donors (Lipinski definition) is 1. The van der Waals surface area contributed by atoms with E-state index in [0.29, 0.717) is 6.61 Å². The van der Waals surface area contributed by atoms with Gasteiger partial charge in [-0.25, -0.2) is 0 Å².